The first-order chi connectivity index (χ1) is 5.29. The fourth-order valence-corrected chi connectivity index (χ4v) is 2.72. The van der Waals surface area contributed by atoms with Crippen molar-refractivity contribution in [3.05, 3.63) is 29.8 Å². The van der Waals surface area contributed by atoms with Gasteiger partial charge < -0.3 is 0 Å². The van der Waals surface area contributed by atoms with Crippen LogP contribution in [0.4, 0.5) is 0 Å². The van der Waals surface area contributed by atoms with Crippen molar-refractivity contribution in [2.45, 2.75) is 0 Å². The summed E-state index contributed by atoms with van der Waals surface area (Å²) in [5.74, 6) is -0.305. The van der Waals surface area contributed by atoms with Gasteiger partial charge in [-0.15, -0.1) is 0 Å². The second-order valence-corrected chi connectivity index (χ2v) is 4.34. The maximum absolute atomic E-state index is 11.1. The van der Waals surface area contributed by atoms with Gasteiger partial charge in [-0.25, -0.2) is 0 Å². The summed E-state index contributed by atoms with van der Waals surface area (Å²) in [6, 6.07) is 7.19. The van der Waals surface area contributed by atoms with E-state index in [0.29, 0.717) is 5.56 Å². The monoisotopic (exact) mass is 212 g/mol. The Kier molecular flexibility index (Phi) is 1.41. The Bertz CT molecular complexity index is 344. The van der Waals surface area contributed by atoms with E-state index in [1.54, 1.807) is 12.1 Å². The summed E-state index contributed by atoms with van der Waals surface area (Å²) >= 11 is -0.256. The Morgan fingerprint density at radius 3 is 2.55 bits per heavy atom. The van der Waals surface area contributed by atoms with Crippen molar-refractivity contribution in [3.8, 4) is 0 Å². The molecular formula is C8H4O2Se. The molecule has 0 aromatic heterocycles. The molecule has 0 fully saturated rings. The molecule has 0 radical (unpaired) electrons. The predicted octanol–water partition coefficient (Wildman–Crippen LogP) is -0.261. The number of benzene rings is 1. The quantitative estimate of drug-likeness (QED) is 0.437. The molecule has 0 saturated carbocycles. The van der Waals surface area contributed by atoms with Crippen molar-refractivity contribution in [3.63, 3.8) is 0 Å². The van der Waals surface area contributed by atoms with Gasteiger partial charge >= 0.3 is 69.3 Å². The minimum absolute atomic E-state index is 0.223. The Morgan fingerprint density at radius 1 is 1.09 bits per heavy atom. The first-order valence-electron chi connectivity index (χ1n) is 3.14. The molecule has 0 N–H and O–H groups in total. The van der Waals surface area contributed by atoms with Crippen LogP contribution in [0.2, 0.25) is 0 Å². The summed E-state index contributed by atoms with van der Waals surface area (Å²) in [5, 5.41) is 0. The van der Waals surface area contributed by atoms with E-state index >= 15 is 0 Å². The number of fused-ring (bicyclic) bond motifs is 1. The number of rotatable bonds is 0. The van der Waals surface area contributed by atoms with Crippen molar-refractivity contribution in [1.29, 1.82) is 0 Å². The molecule has 0 unspecified atom stereocenters. The molecule has 54 valence electrons. The van der Waals surface area contributed by atoms with E-state index < -0.39 is 0 Å². The van der Waals surface area contributed by atoms with E-state index in [9.17, 15) is 9.59 Å². The number of carbonyl (C=O) groups is 2. The van der Waals surface area contributed by atoms with E-state index in [1.165, 1.54) is 0 Å². The molecule has 0 saturated heterocycles. The van der Waals surface area contributed by atoms with Gasteiger partial charge in [0.2, 0.25) is 0 Å². The van der Waals surface area contributed by atoms with E-state index in [0.717, 1.165) is 4.46 Å². The molecule has 2 rings (SSSR count). The average molecular weight is 211 g/mol. The summed E-state index contributed by atoms with van der Waals surface area (Å²) in [6.07, 6.45) is 0. The number of hydrogen-bond donors (Lipinski definition) is 0. The van der Waals surface area contributed by atoms with E-state index in [1.807, 2.05) is 12.1 Å². The first-order valence-corrected chi connectivity index (χ1v) is 4.86. The second kappa shape index (κ2) is 2.29. The van der Waals surface area contributed by atoms with Gasteiger partial charge in [-0.2, -0.15) is 0 Å². The van der Waals surface area contributed by atoms with Gasteiger partial charge in [0.1, 0.15) is 0 Å². The summed E-state index contributed by atoms with van der Waals surface area (Å²) in [6.45, 7) is 0. The molecule has 11 heavy (non-hydrogen) atoms. The number of hydrogen-bond acceptors (Lipinski definition) is 2. The number of ketones is 1. The average Bonchev–Trinajstić information content (AvgIpc) is 2.30. The second-order valence-electron chi connectivity index (χ2n) is 2.21. The molecule has 0 amide bonds. The molecule has 0 spiro atoms. The maximum atomic E-state index is 11.1. The molecule has 3 heteroatoms. The summed E-state index contributed by atoms with van der Waals surface area (Å²) in [5.41, 5.74) is 0.609. The standard InChI is InChI=1S/C8H4O2Se/c9-7-5-3-1-2-4-6(5)11-8(7)10/h1-4H. The van der Waals surface area contributed by atoms with Crippen LogP contribution in [0.15, 0.2) is 24.3 Å². The van der Waals surface area contributed by atoms with Gasteiger partial charge in [0.25, 0.3) is 0 Å². The summed E-state index contributed by atoms with van der Waals surface area (Å²) < 4.78 is 0.703. The molecule has 1 aliphatic rings. The van der Waals surface area contributed by atoms with Gasteiger partial charge in [0.15, 0.2) is 0 Å². The van der Waals surface area contributed by atoms with E-state index in [-0.39, 0.29) is 25.4 Å². The van der Waals surface area contributed by atoms with Crippen LogP contribution in [0, 0.1) is 0 Å². The molecule has 1 aromatic carbocycles. The predicted molar refractivity (Wildman–Crippen MR) is 41.2 cm³/mol. The van der Waals surface area contributed by atoms with Gasteiger partial charge in [0, 0.05) is 0 Å². The van der Waals surface area contributed by atoms with Crippen LogP contribution in [-0.2, 0) is 4.79 Å². The fraction of sp³-hybridized carbons (Fsp3) is 0. The van der Waals surface area contributed by atoms with Crippen molar-refractivity contribution < 1.29 is 9.59 Å². The molecule has 1 aliphatic heterocycles. The molecule has 0 bridgehead atoms. The van der Waals surface area contributed by atoms with Crippen LogP contribution < -0.4 is 4.46 Å². The Morgan fingerprint density at radius 2 is 1.82 bits per heavy atom. The van der Waals surface area contributed by atoms with Crippen molar-refractivity contribution in [2.24, 2.45) is 0 Å². The molecule has 1 aromatic rings. The zero-order valence-electron chi connectivity index (χ0n) is 5.53. The third kappa shape index (κ3) is 0.933. The zero-order chi connectivity index (χ0) is 7.84. The number of carbonyl (C=O) groups excluding carboxylic acids is 2. The minimum atomic E-state index is -0.305. The van der Waals surface area contributed by atoms with E-state index in [4.69, 9.17) is 0 Å². The van der Waals surface area contributed by atoms with Crippen molar-refractivity contribution >= 4 is 29.9 Å². The fourth-order valence-electron chi connectivity index (χ4n) is 0.999. The van der Waals surface area contributed by atoms with Gasteiger partial charge in [-0.05, 0) is 0 Å². The third-order valence-corrected chi connectivity index (χ3v) is 3.51. The van der Waals surface area contributed by atoms with Crippen LogP contribution in [0.5, 0.6) is 0 Å². The van der Waals surface area contributed by atoms with Crippen LogP contribution in [-0.4, -0.2) is 25.4 Å². The molecule has 0 aliphatic carbocycles. The summed E-state index contributed by atoms with van der Waals surface area (Å²) in [4.78, 5) is 22.0. The van der Waals surface area contributed by atoms with Crippen molar-refractivity contribution in [2.75, 3.05) is 0 Å². The van der Waals surface area contributed by atoms with Gasteiger partial charge in [-0.3, -0.25) is 0 Å². The first kappa shape index (κ1) is 6.77. The topological polar surface area (TPSA) is 34.1 Å². The van der Waals surface area contributed by atoms with Gasteiger partial charge in [0.05, 0.1) is 0 Å². The Balaban J connectivity index is 2.64. The van der Waals surface area contributed by atoms with Crippen LogP contribution in [0.25, 0.3) is 0 Å². The zero-order valence-corrected chi connectivity index (χ0v) is 7.25. The normalized spacial score (nSPS) is 15.3. The third-order valence-electron chi connectivity index (χ3n) is 1.52. The van der Waals surface area contributed by atoms with Crippen molar-refractivity contribution in [1.82, 2.24) is 0 Å². The van der Waals surface area contributed by atoms with E-state index in [2.05, 4.69) is 0 Å². The Hall–Kier alpha value is -0.921. The number of Topliss-reactive ketones (excluding diaryl/α,β-unsaturated/α-hetero) is 1. The molecule has 0 atom stereocenters. The SMILES string of the molecule is O=C1[Se]c2ccccc2C1=O. The van der Waals surface area contributed by atoms with Crippen LogP contribution in [0.1, 0.15) is 10.4 Å². The van der Waals surface area contributed by atoms with Gasteiger partial charge in [-0.1, -0.05) is 0 Å². The van der Waals surface area contributed by atoms with Crippen LogP contribution >= 0.6 is 0 Å². The van der Waals surface area contributed by atoms with Crippen LogP contribution in [0.3, 0.4) is 0 Å². The Labute approximate surface area is 69.8 Å². The summed E-state index contributed by atoms with van der Waals surface area (Å²) in [7, 11) is 0. The molecule has 1 heterocycles. The molecular weight excluding hydrogens is 207 g/mol. The molecule has 2 nitrogen and oxygen atoms in total.